The molecule has 0 aromatic heterocycles. The van der Waals surface area contributed by atoms with Crippen molar-refractivity contribution < 1.29 is 19.5 Å². The minimum atomic E-state index is -1.03. The molecule has 1 atom stereocenters. The molecule has 0 saturated carbocycles. The third kappa shape index (κ3) is 4.56. The number of hydrogen-bond donors (Lipinski definition) is 2. The fraction of sp³-hybridized carbons (Fsp3) is 0.727. The van der Waals surface area contributed by atoms with Gasteiger partial charge in [-0.2, -0.15) is 0 Å². The Morgan fingerprint density at radius 1 is 1.56 bits per heavy atom. The van der Waals surface area contributed by atoms with E-state index >= 15 is 0 Å². The van der Waals surface area contributed by atoms with Crippen LogP contribution in [0.3, 0.4) is 0 Å². The van der Waals surface area contributed by atoms with Crippen LogP contribution in [-0.2, 0) is 14.4 Å². The number of carbonyl (C=O) groups is 3. The van der Waals surface area contributed by atoms with Gasteiger partial charge >= 0.3 is 5.97 Å². The van der Waals surface area contributed by atoms with E-state index in [1.54, 1.807) is 0 Å². The van der Waals surface area contributed by atoms with Crippen LogP contribution in [-0.4, -0.2) is 52.0 Å². The van der Waals surface area contributed by atoms with Crippen molar-refractivity contribution in [3.05, 3.63) is 0 Å². The molecule has 0 aromatic rings. The minimum Gasteiger partial charge on any atom is -0.480 e. The molecule has 1 rings (SSSR count). The van der Waals surface area contributed by atoms with Gasteiger partial charge in [-0.3, -0.25) is 9.59 Å². The second-order valence-electron chi connectivity index (χ2n) is 4.17. The lowest BCUT2D eigenvalue weighted by molar-refractivity contribution is -0.142. The van der Waals surface area contributed by atoms with Crippen LogP contribution in [0.5, 0.6) is 0 Å². The van der Waals surface area contributed by atoms with Crippen molar-refractivity contribution in [3.8, 4) is 0 Å². The van der Waals surface area contributed by atoms with Gasteiger partial charge < -0.3 is 15.3 Å². The molecule has 18 heavy (non-hydrogen) atoms. The Balaban J connectivity index is 2.40. The quantitative estimate of drug-likeness (QED) is 0.696. The predicted octanol–water partition coefficient (Wildman–Crippen LogP) is 0.279. The van der Waals surface area contributed by atoms with E-state index in [9.17, 15) is 14.4 Å². The van der Waals surface area contributed by atoms with Crippen LogP contribution in [0.1, 0.15) is 26.2 Å². The van der Waals surface area contributed by atoms with Crippen molar-refractivity contribution in [2.75, 3.05) is 18.2 Å². The summed E-state index contributed by atoms with van der Waals surface area (Å²) >= 11 is 1.45. The highest BCUT2D eigenvalue weighted by molar-refractivity contribution is 8.00. The SMILES string of the molecule is CCCC[C@H](NC(=O)CN1CSCC1=O)C(=O)O. The predicted molar refractivity (Wildman–Crippen MR) is 68.1 cm³/mol. The number of carboxylic acid groups (broad SMARTS) is 1. The van der Waals surface area contributed by atoms with E-state index in [0.29, 0.717) is 18.1 Å². The summed E-state index contributed by atoms with van der Waals surface area (Å²) in [5.41, 5.74) is 0. The Morgan fingerprint density at radius 3 is 2.78 bits per heavy atom. The average Bonchev–Trinajstić information content (AvgIpc) is 2.70. The maximum Gasteiger partial charge on any atom is 0.326 e. The monoisotopic (exact) mass is 274 g/mol. The third-order valence-corrected chi connectivity index (χ3v) is 3.58. The number of aliphatic carboxylic acids is 1. The average molecular weight is 274 g/mol. The van der Waals surface area contributed by atoms with E-state index in [2.05, 4.69) is 5.32 Å². The number of rotatable bonds is 7. The Labute approximate surface area is 110 Å². The fourth-order valence-electron chi connectivity index (χ4n) is 1.62. The normalized spacial score (nSPS) is 16.7. The third-order valence-electron chi connectivity index (χ3n) is 2.64. The molecule has 1 heterocycles. The Kier molecular flexibility index (Phi) is 5.97. The molecule has 6 nitrogen and oxygen atoms in total. The van der Waals surface area contributed by atoms with Crippen LogP contribution in [0.4, 0.5) is 0 Å². The largest absolute Gasteiger partial charge is 0.480 e. The lowest BCUT2D eigenvalue weighted by atomic mass is 10.1. The van der Waals surface area contributed by atoms with Gasteiger partial charge in [0.15, 0.2) is 0 Å². The lowest BCUT2D eigenvalue weighted by Crippen LogP contribution is -2.45. The molecular formula is C11H18N2O4S. The summed E-state index contributed by atoms with van der Waals surface area (Å²) in [7, 11) is 0. The fourth-order valence-corrected chi connectivity index (χ4v) is 2.52. The molecule has 0 bridgehead atoms. The zero-order valence-corrected chi connectivity index (χ0v) is 11.2. The smallest absolute Gasteiger partial charge is 0.326 e. The zero-order chi connectivity index (χ0) is 13.5. The number of hydrogen-bond acceptors (Lipinski definition) is 4. The number of nitrogens with zero attached hydrogens (tertiary/aromatic N) is 1. The number of carbonyl (C=O) groups excluding carboxylic acids is 2. The summed E-state index contributed by atoms with van der Waals surface area (Å²) < 4.78 is 0. The number of nitrogens with one attached hydrogen (secondary N) is 1. The van der Waals surface area contributed by atoms with Crippen molar-refractivity contribution in [1.29, 1.82) is 0 Å². The highest BCUT2D eigenvalue weighted by Crippen LogP contribution is 2.14. The van der Waals surface area contributed by atoms with Gasteiger partial charge in [0.05, 0.1) is 11.6 Å². The Morgan fingerprint density at radius 2 is 2.28 bits per heavy atom. The van der Waals surface area contributed by atoms with Gasteiger partial charge in [-0.05, 0) is 6.42 Å². The Bertz CT molecular complexity index is 335. The van der Waals surface area contributed by atoms with Gasteiger partial charge in [0.25, 0.3) is 0 Å². The zero-order valence-electron chi connectivity index (χ0n) is 10.3. The molecule has 1 fully saturated rings. The first-order valence-electron chi connectivity index (χ1n) is 5.92. The summed E-state index contributed by atoms with van der Waals surface area (Å²) in [5.74, 6) is -0.617. The molecule has 2 N–H and O–H groups in total. The van der Waals surface area contributed by atoms with Gasteiger partial charge in [0.2, 0.25) is 11.8 Å². The molecule has 0 radical (unpaired) electrons. The molecule has 0 aromatic carbocycles. The van der Waals surface area contributed by atoms with Gasteiger partial charge in [0.1, 0.15) is 12.6 Å². The number of carboxylic acids is 1. The summed E-state index contributed by atoms with van der Waals surface area (Å²) in [6.45, 7) is 1.91. The molecule has 0 spiro atoms. The maximum atomic E-state index is 11.6. The van der Waals surface area contributed by atoms with E-state index in [1.165, 1.54) is 16.7 Å². The molecule has 0 unspecified atom stereocenters. The Hall–Kier alpha value is -1.24. The molecule has 1 aliphatic rings. The van der Waals surface area contributed by atoms with Gasteiger partial charge in [-0.1, -0.05) is 19.8 Å². The lowest BCUT2D eigenvalue weighted by Gasteiger charge is -2.17. The second kappa shape index (κ2) is 7.25. The van der Waals surface area contributed by atoms with Crippen LogP contribution in [0.2, 0.25) is 0 Å². The van der Waals surface area contributed by atoms with E-state index in [-0.39, 0.29) is 12.5 Å². The van der Waals surface area contributed by atoms with Crippen LogP contribution >= 0.6 is 11.8 Å². The summed E-state index contributed by atoms with van der Waals surface area (Å²) in [4.78, 5) is 35.3. The number of thioether (sulfide) groups is 1. The molecule has 7 heteroatoms. The van der Waals surface area contributed by atoms with Gasteiger partial charge in [-0.15, -0.1) is 11.8 Å². The number of unbranched alkanes of at least 4 members (excludes halogenated alkanes) is 1. The summed E-state index contributed by atoms with van der Waals surface area (Å²) in [6.07, 6.45) is 2.04. The highest BCUT2D eigenvalue weighted by Gasteiger charge is 2.25. The van der Waals surface area contributed by atoms with Crippen LogP contribution in [0, 0.1) is 0 Å². The highest BCUT2D eigenvalue weighted by atomic mass is 32.2. The molecular weight excluding hydrogens is 256 g/mol. The van der Waals surface area contributed by atoms with Gasteiger partial charge in [-0.25, -0.2) is 4.79 Å². The minimum absolute atomic E-state index is 0.0538. The van der Waals surface area contributed by atoms with Gasteiger partial charge in [0, 0.05) is 0 Å². The van der Waals surface area contributed by atoms with Crippen molar-refractivity contribution in [2.45, 2.75) is 32.2 Å². The first-order valence-corrected chi connectivity index (χ1v) is 7.07. The van der Waals surface area contributed by atoms with Crippen LogP contribution in [0.25, 0.3) is 0 Å². The molecule has 0 aliphatic carbocycles. The summed E-state index contributed by atoms with van der Waals surface area (Å²) in [6, 6.07) is -0.859. The maximum absolute atomic E-state index is 11.6. The van der Waals surface area contributed by atoms with Crippen molar-refractivity contribution >= 4 is 29.5 Å². The molecule has 1 aliphatic heterocycles. The van der Waals surface area contributed by atoms with Crippen LogP contribution in [0.15, 0.2) is 0 Å². The number of amides is 2. The van der Waals surface area contributed by atoms with E-state index in [4.69, 9.17) is 5.11 Å². The molecule has 1 saturated heterocycles. The van der Waals surface area contributed by atoms with Crippen LogP contribution < -0.4 is 5.32 Å². The van der Waals surface area contributed by atoms with Crippen molar-refractivity contribution in [2.24, 2.45) is 0 Å². The molecule has 2 amide bonds. The van der Waals surface area contributed by atoms with E-state index < -0.39 is 17.9 Å². The van der Waals surface area contributed by atoms with Crippen molar-refractivity contribution in [1.82, 2.24) is 10.2 Å². The van der Waals surface area contributed by atoms with E-state index in [0.717, 1.165) is 12.8 Å². The first-order chi connectivity index (χ1) is 8.54. The first kappa shape index (κ1) is 14.8. The molecule has 102 valence electrons. The second-order valence-corrected chi connectivity index (χ2v) is 5.12. The standard InChI is InChI=1S/C11H18N2O4S/c1-2-3-4-8(11(16)17)12-9(14)5-13-7-18-6-10(13)15/h8H,2-7H2,1H3,(H,12,14)(H,16,17)/t8-/m0/s1. The van der Waals surface area contributed by atoms with E-state index in [1.807, 2.05) is 6.92 Å². The van der Waals surface area contributed by atoms with Crippen molar-refractivity contribution in [3.63, 3.8) is 0 Å². The topological polar surface area (TPSA) is 86.7 Å². The summed E-state index contributed by atoms with van der Waals surface area (Å²) in [5, 5.41) is 11.4.